The molecule has 4 aliphatic carbocycles. The fourth-order valence-electron chi connectivity index (χ4n) is 9.17. The molecule has 4 fully saturated rings. The van der Waals surface area contributed by atoms with Crippen LogP contribution in [0.5, 0.6) is 0 Å². The predicted molar refractivity (Wildman–Crippen MR) is 135 cm³/mol. The van der Waals surface area contributed by atoms with Gasteiger partial charge in [0.1, 0.15) is 6.61 Å². The lowest BCUT2D eigenvalue weighted by Crippen LogP contribution is -2.53. The summed E-state index contributed by atoms with van der Waals surface area (Å²) in [6, 6.07) is 0.892. The Morgan fingerprint density at radius 2 is 1.91 bits per heavy atom. The Morgan fingerprint density at radius 1 is 1.18 bits per heavy atom. The summed E-state index contributed by atoms with van der Waals surface area (Å²) in [5.41, 5.74) is 2.42. The van der Waals surface area contributed by atoms with E-state index in [0.717, 1.165) is 49.0 Å². The highest BCUT2D eigenvalue weighted by Crippen LogP contribution is 2.68. The SMILES string of the molecule is C[C@H]1[C@H]2CC[C@H]3[C@@H]4CC=C5C[C@@H](N(C)C(=O)OCC(Cl)(Cl)Cl)CC[C@]5(C)[C@H]4CC[C@]23CN1C. The van der Waals surface area contributed by atoms with Crippen molar-refractivity contribution in [1.29, 1.82) is 0 Å². The van der Waals surface area contributed by atoms with E-state index in [2.05, 4.69) is 31.9 Å². The first kappa shape index (κ1) is 24.5. The van der Waals surface area contributed by atoms with Crippen LogP contribution in [-0.4, -0.2) is 59.0 Å². The Balaban J connectivity index is 1.30. The van der Waals surface area contributed by atoms with E-state index in [1.807, 2.05) is 7.05 Å². The normalized spacial score (nSPS) is 44.9. The minimum absolute atomic E-state index is 0.152. The molecule has 0 unspecified atom stereocenters. The van der Waals surface area contributed by atoms with Crippen molar-refractivity contribution in [2.75, 3.05) is 27.2 Å². The molecule has 0 aromatic heterocycles. The number of carbonyl (C=O) groups is 1. The van der Waals surface area contributed by atoms with E-state index in [9.17, 15) is 4.79 Å². The lowest BCUT2D eigenvalue weighted by atomic mass is 9.47. The van der Waals surface area contributed by atoms with Gasteiger partial charge in [-0.3, -0.25) is 0 Å². The molecule has 5 aliphatic rings. The maximum atomic E-state index is 12.5. The molecule has 4 nitrogen and oxygen atoms in total. The van der Waals surface area contributed by atoms with Crippen LogP contribution >= 0.6 is 34.8 Å². The smallest absolute Gasteiger partial charge is 0.409 e. The number of fused-ring (bicyclic) bond motifs is 4. The molecule has 186 valence electrons. The van der Waals surface area contributed by atoms with Gasteiger partial charge in [0.05, 0.1) is 0 Å². The van der Waals surface area contributed by atoms with Gasteiger partial charge in [0.2, 0.25) is 3.79 Å². The van der Waals surface area contributed by atoms with Crippen LogP contribution in [0, 0.1) is 34.5 Å². The van der Waals surface area contributed by atoms with E-state index in [1.165, 1.54) is 38.6 Å². The van der Waals surface area contributed by atoms with E-state index < -0.39 is 9.89 Å². The van der Waals surface area contributed by atoms with Crippen LogP contribution in [-0.2, 0) is 4.74 Å². The topological polar surface area (TPSA) is 32.8 Å². The molecular formula is C26H39Cl3N2O2. The van der Waals surface area contributed by atoms with E-state index in [0.29, 0.717) is 5.41 Å². The number of alkyl halides is 3. The Bertz CT molecular complexity index is 829. The fourth-order valence-corrected chi connectivity index (χ4v) is 9.33. The molecule has 1 spiro atoms. The third kappa shape index (κ3) is 3.94. The number of amides is 1. The van der Waals surface area contributed by atoms with Crippen molar-refractivity contribution in [3.63, 3.8) is 0 Å². The van der Waals surface area contributed by atoms with Gasteiger partial charge >= 0.3 is 6.09 Å². The van der Waals surface area contributed by atoms with Crippen molar-refractivity contribution in [2.45, 2.75) is 81.1 Å². The summed E-state index contributed by atoms with van der Waals surface area (Å²) in [6.45, 7) is 6.07. The summed E-state index contributed by atoms with van der Waals surface area (Å²) < 4.78 is 3.66. The minimum Gasteiger partial charge on any atom is -0.445 e. The standard InChI is InChI=1S/C26H39Cl3N2O2/c1-16-20-7-8-22-19-6-5-17-13-18(31(4)23(32)33-15-26(27,28)29)9-11-24(17,2)21(19)10-12-25(20,22)14-30(16)3/h5,16,18-22H,6-15H2,1-4H3/t16-,18-,19+,20+,21-,22-,24-,25-/m0/s1. The highest BCUT2D eigenvalue weighted by atomic mass is 35.6. The molecule has 7 heteroatoms. The molecule has 1 amide bonds. The van der Waals surface area contributed by atoms with Crippen LogP contribution < -0.4 is 0 Å². The Labute approximate surface area is 214 Å². The molecule has 0 bridgehead atoms. The Kier molecular flexibility index (Phi) is 6.29. The lowest BCUT2D eigenvalue weighted by Gasteiger charge is -2.58. The molecule has 0 aromatic rings. The van der Waals surface area contributed by atoms with Gasteiger partial charge in [-0.1, -0.05) is 53.4 Å². The second kappa shape index (κ2) is 8.46. The third-order valence-corrected chi connectivity index (χ3v) is 11.2. The maximum absolute atomic E-state index is 12.5. The van der Waals surface area contributed by atoms with Gasteiger partial charge in [-0.05, 0) is 99.8 Å². The second-order valence-corrected chi connectivity index (χ2v) is 14.6. The number of hydrogen-bond acceptors (Lipinski definition) is 3. The second-order valence-electron chi connectivity index (χ2n) is 12.0. The minimum atomic E-state index is -1.58. The quantitative estimate of drug-likeness (QED) is 0.302. The molecule has 5 rings (SSSR count). The zero-order chi connectivity index (χ0) is 23.8. The number of nitrogens with zero attached hydrogens (tertiary/aromatic N) is 2. The first-order valence-corrected chi connectivity index (χ1v) is 14.0. The van der Waals surface area contributed by atoms with Gasteiger partial charge < -0.3 is 14.5 Å². The summed E-state index contributed by atoms with van der Waals surface area (Å²) in [7, 11) is 4.16. The first-order valence-electron chi connectivity index (χ1n) is 12.8. The van der Waals surface area contributed by atoms with E-state index >= 15 is 0 Å². The van der Waals surface area contributed by atoms with Crippen LogP contribution in [0.4, 0.5) is 4.79 Å². The molecule has 8 atom stereocenters. The Hall–Kier alpha value is -0.160. The number of carbonyl (C=O) groups excluding carboxylic acids is 1. The van der Waals surface area contributed by atoms with Crippen LogP contribution in [0.15, 0.2) is 11.6 Å². The van der Waals surface area contributed by atoms with E-state index in [1.54, 1.807) is 10.5 Å². The zero-order valence-corrected chi connectivity index (χ0v) is 22.7. The molecule has 3 saturated carbocycles. The van der Waals surface area contributed by atoms with E-state index in [-0.39, 0.29) is 18.1 Å². The predicted octanol–water partition coefficient (Wildman–Crippen LogP) is 6.69. The summed E-state index contributed by atoms with van der Waals surface area (Å²) in [6.07, 6.45) is 12.1. The summed E-state index contributed by atoms with van der Waals surface area (Å²) in [5, 5.41) is 0. The van der Waals surface area contributed by atoms with Crippen molar-refractivity contribution in [3.05, 3.63) is 11.6 Å². The molecule has 0 radical (unpaired) electrons. The van der Waals surface area contributed by atoms with Gasteiger partial charge in [0, 0.05) is 25.7 Å². The number of allylic oxidation sites excluding steroid dienone is 1. The number of halogens is 3. The molecule has 1 aliphatic heterocycles. The van der Waals surface area contributed by atoms with Gasteiger partial charge in [-0.15, -0.1) is 0 Å². The first-order chi connectivity index (χ1) is 15.5. The maximum Gasteiger partial charge on any atom is 0.409 e. The number of rotatable bonds is 2. The number of ether oxygens (including phenoxy) is 1. The van der Waals surface area contributed by atoms with Crippen molar-refractivity contribution in [3.8, 4) is 0 Å². The lowest BCUT2D eigenvalue weighted by molar-refractivity contribution is -0.0435. The number of hydrogen-bond donors (Lipinski definition) is 0. The zero-order valence-electron chi connectivity index (χ0n) is 20.5. The molecule has 0 aromatic carbocycles. The highest BCUT2D eigenvalue weighted by molar-refractivity contribution is 6.67. The van der Waals surface area contributed by atoms with E-state index in [4.69, 9.17) is 39.5 Å². The van der Waals surface area contributed by atoms with Crippen LogP contribution in [0.25, 0.3) is 0 Å². The van der Waals surface area contributed by atoms with Crippen LogP contribution in [0.1, 0.15) is 65.2 Å². The summed E-state index contributed by atoms with van der Waals surface area (Å²) in [5.74, 6) is 3.41. The molecular weight excluding hydrogens is 479 g/mol. The van der Waals surface area contributed by atoms with Gasteiger partial charge in [-0.2, -0.15) is 0 Å². The van der Waals surface area contributed by atoms with Crippen molar-refractivity contribution in [1.82, 2.24) is 9.80 Å². The van der Waals surface area contributed by atoms with Gasteiger partial charge in [0.25, 0.3) is 0 Å². The Morgan fingerprint density at radius 3 is 2.64 bits per heavy atom. The third-order valence-electron chi connectivity index (χ3n) is 10.9. The van der Waals surface area contributed by atoms with Gasteiger partial charge in [0.15, 0.2) is 0 Å². The highest BCUT2D eigenvalue weighted by Gasteiger charge is 2.64. The largest absolute Gasteiger partial charge is 0.445 e. The average Bonchev–Trinajstić information content (AvgIpc) is 3.24. The average molecular weight is 518 g/mol. The fraction of sp³-hybridized carbons (Fsp3) is 0.885. The van der Waals surface area contributed by atoms with Crippen molar-refractivity contribution in [2.24, 2.45) is 34.5 Å². The number of likely N-dealkylation sites (tertiary alicyclic amines) is 1. The van der Waals surface area contributed by atoms with Crippen molar-refractivity contribution < 1.29 is 9.53 Å². The molecule has 0 N–H and O–H groups in total. The molecule has 33 heavy (non-hydrogen) atoms. The van der Waals surface area contributed by atoms with Crippen molar-refractivity contribution >= 4 is 40.9 Å². The monoisotopic (exact) mass is 516 g/mol. The van der Waals surface area contributed by atoms with Gasteiger partial charge in [-0.25, -0.2) is 4.79 Å². The van der Waals surface area contributed by atoms with Crippen LogP contribution in [0.3, 0.4) is 0 Å². The summed E-state index contributed by atoms with van der Waals surface area (Å²) >= 11 is 17.3. The molecule has 1 saturated heterocycles. The molecule has 1 heterocycles. The summed E-state index contributed by atoms with van der Waals surface area (Å²) in [4.78, 5) is 16.9. The van der Waals surface area contributed by atoms with Crippen LogP contribution in [0.2, 0.25) is 0 Å².